The van der Waals surface area contributed by atoms with E-state index in [4.69, 9.17) is 4.74 Å². The van der Waals surface area contributed by atoms with E-state index in [0.29, 0.717) is 13.2 Å². The average Bonchev–Trinajstić information content (AvgIpc) is 2.37. The normalized spacial score (nSPS) is 10.1. The second-order valence-electron chi connectivity index (χ2n) is 3.75. The van der Waals surface area contributed by atoms with Crippen LogP contribution in [0.4, 0.5) is 5.69 Å². The van der Waals surface area contributed by atoms with Gasteiger partial charge in [-0.2, -0.15) is 0 Å². The third-order valence-corrected chi connectivity index (χ3v) is 2.22. The Balaban J connectivity index is 2.34. The maximum atomic E-state index is 11.3. The fourth-order valence-corrected chi connectivity index (χ4v) is 1.30. The van der Waals surface area contributed by atoms with Gasteiger partial charge in [-0.05, 0) is 12.0 Å². The third kappa shape index (κ3) is 4.92. The van der Waals surface area contributed by atoms with Crippen molar-refractivity contribution in [1.29, 1.82) is 0 Å². The van der Waals surface area contributed by atoms with Crippen molar-refractivity contribution >= 4 is 11.6 Å². The molecule has 1 aromatic rings. The van der Waals surface area contributed by atoms with Crippen LogP contribution in [0.1, 0.15) is 18.9 Å². The summed E-state index contributed by atoms with van der Waals surface area (Å²) >= 11 is 0. The molecule has 0 atom stereocenters. The van der Waals surface area contributed by atoms with Crippen molar-refractivity contribution in [2.24, 2.45) is 0 Å². The van der Waals surface area contributed by atoms with Gasteiger partial charge in [0.15, 0.2) is 0 Å². The number of hydrogen-bond donors (Lipinski definition) is 1. The van der Waals surface area contributed by atoms with Crippen molar-refractivity contribution in [1.82, 2.24) is 5.32 Å². The summed E-state index contributed by atoms with van der Waals surface area (Å²) in [6.07, 6.45) is 0.871. The summed E-state index contributed by atoms with van der Waals surface area (Å²) in [5, 5.41) is 13.1. The number of amides is 1. The second kappa shape index (κ2) is 7.39. The third-order valence-electron chi connectivity index (χ3n) is 2.22. The molecule has 0 radical (unpaired) electrons. The van der Waals surface area contributed by atoms with Crippen molar-refractivity contribution in [3.05, 3.63) is 39.9 Å². The highest BCUT2D eigenvalue weighted by Gasteiger charge is 2.05. The molecule has 0 saturated carbocycles. The molecular formula is C12H16N2O4. The number of nitro groups is 1. The van der Waals surface area contributed by atoms with Crippen LogP contribution in [-0.4, -0.2) is 24.0 Å². The predicted molar refractivity (Wildman–Crippen MR) is 66.1 cm³/mol. The van der Waals surface area contributed by atoms with Crippen molar-refractivity contribution in [2.75, 3.05) is 13.2 Å². The zero-order valence-corrected chi connectivity index (χ0v) is 10.2. The maximum Gasteiger partial charge on any atom is 0.269 e. The molecule has 1 amide bonds. The van der Waals surface area contributed by atoms with Gasteiger partial charge < -0.3 is 10.1 Å². The first kappa shape index (κ1) is 14.1. The van der Waals surface area contributed by atoms with Gasteiger partial charge in [-0.15, -0.1) is 0 Å². The van der Waals surface area contributed by atoms with Crippen LogP contribution in [0, 0.1) is 10.1 Å². The predicted octanol–water partition coefficient (Wildman–Crippen LogP) is 1.64. The molecule has 1 aromatic carbocycles. The van der Waals surface area contributed by atoms with E-state index in [0.717, 1.165) is 12.0 Å². The molecule has 1 N–H and O–H groups in total. The van der Waals surface area contributed by atoms with E-state index >= 15 is 0 Å². The van der Waals surface area contributed by atoms with Crippen molar-refractivity contribution in [3.63, 3.8) is 0 Å². The minimum atomic E-state index is -0.457. The van der Waals surface area contributed by atoms with E-state index in [-0.39, 0.29) is 18.2 Å². The lowest BCUT2D eigenvalue weighted by Gasteiger charge is -2.05. The standard InChI is InChI=1S/C12H16N2O4/c1-2-7-18-9-12(15)13-8-10-3-5-11(6-4-10)14(16)17/h3-6H,2,7-9H2,1H3,(H,13,15). The van der Waals surface area contributed by atoms with Gasteiger partial charge in [0.1, 0.15) is 6.61 Å². The molecule has 98 valence electrons. The Morgan fingerprint density at radius 2 is 2.06 bits per heavy atom. The van der Waals surface area contributed by atoms with Crippen molar-refractivity contribution < 1.29 is 14.5 Å². The number of non-ortho nitro benzene ring substituents is 1. The quantitative estimate of drug-likeness (QED) is 0.454. The van der Waals surface area contributed by atoms with Gasteiger partial charge >= 0.3 is 0 Å². The monoisotopic (exact) mass is 252 g/mol. The molecule has 6 heteroatoms. The summed E-state index contributed by atoms with van der Waals surface area (Å²) in [4.78, 5) is 21.3. The average molecular weight is 252 g/mol. The highest BCUT2D eigenvalue weighted by atomic mass is 16.6. The second-order valence-corrected chi connectivity index (χ2v) is 3.75. The number of nitro benzene ring substituents is 1. The van der Waals surface area contributed by atoms with Crippen LogP contribution >= 0.6 is 0 Å². The van der Waals surface area contributed by atoms with E-state index < -0.39 is 4.92 Å². The Bertz CT molecular complexity index is 403. The van der Waals surface area contributed by atoms with Crippen LogP contribution in [0.5, 0.6) is 0 Å². The fourth-order valence-electron chi connectivity index (χ4n) is 1.30. The van der Waals surface area contributed by atoms with Crippen LogP contribution in [-0.2, 0) is 16.1 Å². The first-order valence-electron chi connectivity index (χ1n) is 5.71. The lowest BCUT2D eigenvalue weighted by molar-refractivity contribution is -0.384. The fraction of sp³-hybridized carbons (Fsp3) is 0.417. The van der Waals surface area contributed by atoms with Crippen molar-refractivity contribution in [2.45, 2.75) is 19.9 Å². The molecule has 0 aliphatic carbocycles. The molecular weight excluding hydrogens is 236 g/mol. The first-order valence-corrected chi connectivity index (χ1v) is 5.71. The Labute approximate surface area is 105 Å². The SMILES string of the molecule is CCCOCC(=O)NCc1ccc([N+](=O)[O-])cc1. The van der Waals surface area contributed by atoms with Gasteiger partial charge in [-0.25, -0.2) is 0 Å². The molecule has 0 saturated heterocycles. The summed E-state index contributed by atoms with van der Waals surface area (Å²) in [6, 6.07) is 6.06. The largest absolute Gasteiger partial charge is 0.372 e. The van der Waals surface area contributed by atoms with Gasteiger partial charge in [0.25, 0.3) is 5.69 Å². The van der Waals surface area contributed by atoms with Crippen LogP contribution in [0.15, 0.2) is 24.3 Å². The van der Waals surface area contributed by atoms with Crippen molar-refractivity contribution in [3.8, 4) is 0 Å². The molecule has 6 nitrogen and oxygen atoms in total. The smallest absolute Gasteiger partial charge is 0.269 e. The molecule has 0 heterocycles. The number of rotatable bonds is 7. The topological polar surface area (TPSA) is 81.5 Å². The minimum absolute atomic E-state index is 0.0383. The summed E-state index contributed by atoms with van der Waals surface area (Å²) in [5.41, 5.74) is 0.848. The Hall–Kier alpha value is -1.95. The highest BCUT2D eigenvalue weighted by Crippen LogP contribution is 2.11. The van der Waals surface area contributed by atoms with Gasteiger partial charge in [-0.3, -0.25) is 14.9 Å². The maximum absolute atomic E-state index is 11.3. The van der Waals surface area contributed by atoms with Crippen LogP contribution < -0.4 is 5.32 Å². The number of nitrogens with zero attached hydrogens (tertiary/aromatic N) is 1. The zero-order chi connectivity index (χ0) is 13.4. The molecule has 0 aliphatic rings. The number of carbonyl (C=O) groups excluding carboxylic acids is 1. The van der Waals surface area contributed by atoms with Gasteiger partial charge in [-0.1, -0.05) is 19.1 Å². The Kier molecular flexibility index (Phi) is 5.79. The van der Waals surface area contributed by atoms with E-state index in [1.165, 1.54) is 12.1 Å². The Morgan fingerprint density at radius 1 is 1.39 bits per heavy atom. The number of nitrogens with one attached hydrogen (secondary N) is 1. The number of ether oxygens (including phenoxy) is 1. The van der Waals surface area contributed by atoms with Crippen LogP contribution in [0.2, 0.25) is 0 Å². The van der Waals surface area contributed by atoms with Gasteiger partial charge in [0.05, 0.1) is 4.92 Å². The van der Waals surface area contributed by atoms with E-state index in [9.17, 15) is 14.9 Å². The van der Waals surface area contributed by atoms with E-state index in [1.807, 2.05) is 6.92 Å². The summed E-state index contributed by atoms with van der Waals surface area (Å²) < 4.78 is 5.08. The molecule has 0 bridgehead atoms. The van der Waals surface area contributed by atoms with E-state index in [1.54, 1.807) is 12.1 Å². The molecule has 0 unspecified atom stereocenters. The molecule has 1 rings (SSSR count). The Morgan fingerprint density at radius 3 is 2.61 bits per heavy atom. The molecule has 0 aromatic heterocycles. The number of benzene rings is 1. The first-order chi connectivity index (χ1) is 8.63. The molecule has 18 heavy (non-hydrogen) atoms. The van der Waals surface area contributed by atoms with Crippen LogP contribution in [0.3, 0.4) is 0 Å². The lowest BCUT2D eigenvalue weighted by Crippen LogP contribution is -2.27. The molecule has 0 aliphatic heterocycles. The van der Waals surface area contributed by atoms with E-state index in [2.05, 4.69) is 5.32 Å². The van der Waals surface area contributed by atoms with Gasteiger partial charge in [0.2, 0.25) is 5.91 Å². The number of hydrogen-bond acceptors (Lipinski definition) is 4. The molecule has 0 fully saturated rings. The minimum Gasteiger partial charge on any atom is -0.372 e. The summed E-state index contributed by atoms with van der Waals surface area (Å²) in [7, 11) is 0. The lowest BCUT2D eigenvalue weighted by atomic mass is 10.2. The van der Waals surface area contributed by atoms with Gasteiger partial charge in [0, 0.05) is 25.3 Å². The summed E-state index contributed by atoms with van der Waals surface area (Å²) in [5.74, 6) is -0.193. The summed E-state index contributed by atoms with van der Waals surface area (Å²) in [6.45, 7) is 2.91. The number of carbonyl (C=O) groups is 1. The molecule has 0 spiro atoms. The van der Waals surface area contributed by atoms with Crippen LogP contribution in [0.25, 0.3) is 0 Å². The zero-order valence-electron chi connectivity index (χ0n) is 10.2. The highest BCUT2D eigenvalue weighted by molar-refractivity contribution is 5.77.